The van der Waals surface area contributed by atoms with E-state index in [2.05, 4.69) is 18.7 Å². The van der Waals surface area contributed by atoms with Crippen molar-refractivity contribution < 1.29 is 9.90 Å². The molecule has 0 spiro atoms. The first-order valence-electron chi connectivity index (χ1n) is 5.67. The highest BCUT2D eigenvalue weighted by Gasteiger charge is 2.08. The molecule has 100 valence electrons. The van der Waals surface area contributed by atoms with Gasteiger partial charge in [0.25, 0.3) is 0 Å². The van der Waals surface area contributed by atoms with Crippen molar-refractivity contribution >= 4 is 23.3 Å². The molecule has 1 aromatic carbocycles. The Bertz CT molecular complexity index is 365. The maximum atomic E-state index is 10.1. The van der Waals surface area contributed by atoms with Gasteiger partial charge in [0, 0.05) is 0 Å². The number of carboxylic acids is 1. The van der Waals surface area contributed by atoms with Gasteiger partial charge in [0.05, 0.1) is 0 Å². The molecule has 0 saturated carbocycles. The zero-order valence-electron chi connectivity index (χ0n) is 10.9. The van der Waals surface area contributed by atoms with Crippen molar-refractivity contribution in [2.45, 2.75) is 19.4 Å². The van der Waals surface area contributed by atoms with Crippen LogP contribution in [0.5, 0.6) is 0 Å². The van der Waals surface area contributed by atoms with Gasteiger partial charge in [-0.25, -0.2) is 0 Å². The van der Waals surface area contributed by atoms with E-state index in [1.807, 2.05) is 31.4 Å². The maximum Gasteiger partial charge on any atom is 0.320 e. The number of carboxylic acid groups (broad SMARTS) is 1. The monoisotopic (exact) mass is 267 g/mol. The summed E-state index contributed by atoms with van der Waals surface area (Å²) >= 11 is 1.60. The molecule has 0 saturated heterocycles. The summed E-state index contributed by atoms with van der Waals surface area (Å²) in [6.07, 6.45) is 2.48. The summed E-state index contributed by atoms with van der Waals surface area (Å²) in [6, 6.07) is 9.47. The fourth-order valence-corrected chi connectivity index (χ4v) is 1.58. The van der Waals surface area contributed by atoms with E-state index >= 15 is 0 Å². The molecule has 0 aliphatic heterocycles. The molecule has 0 unspecified atom stereocenters. The van der Waals surface area contributed by atoms with E-state index in [-0.39, 0.29) is 0 Å². The molecule has 0 bridgehead atoms. The summed E-state index contributed by atoms with van der Waals surface area (Å²) in [6.45, 7) is 5.83. The Morgan fingerprint density at radius 2 is 2.00 bits per heavy atom. The number of nitrogens with two attached hydrogens (primary N) is 1. The molecule has 3 N–H and O–H groups in total. The fourth-order valence-electron chi connectivity index (χ4n) is 1.09. The van der Waals surface area contributed by atoms with Gasteiger partial charge in [-0.1, -0.05) is 42.5 Å². The van der Waals surface area contributed by atoms with E-state index in [9.17, 15) is 4.79 Å². The molecule has 0 heterocycles. The van der Waals surface area contributed by atoms with E-state index in [0.29, 0.717) is 6.42 Å². The van der Waals surface area contributed by atoms with E-state index in [1.165, 1.54) is 5.56 Å². The lowest BCUT2D eigenvalue weighted by molar-refractivity contribution is -0.138. The second-order valence-electron chi connectivity index (χ2n) is 3.87. The summed E-state index contributed by atoms with van der Waals surface area (Å²) < 4.78 is 0. The second-order valence-corrected chi connectivity index (χ2v) is 4.86. The van der Waals surface area contributed by atoms with Gasteiger partial charge < -0.3 is 10.8 Å². The predicted octanol–water partition coefficient (Wildman–Crippen LogP) is 2.87. The van der Waals surface area contributed by atoms with Gasteiger partial charge in [0.2, 0.25) is 0 Å². The minimum Gasteiger partial charge on any atom is -0.480 e. The Morgan fingerprint density at radius 3 is 2.33 bits per heavy atom. The number of aliphatic carboxylic acids is 1. The van der Waals surface area contributed by atoms with Gasteiger partial charge in [0.15, 0.2) is 0 Å². The standard InChI is InChI=1S/C9H10.C5H11NO2S/c1-8(2)9-6-4-3-5-7-9;1-9-3-2-4(6)5(7)8/h3-7H,1H2,2H3;4H,2-3,6H2,1H3,(H,7,8)/t;4-/m.0/s1. The Hall–Kier alpha value is -1.26. The van der Waals surface area contributed by atoms with Gasteiger partial charge in [-0.3, -0.25) is 4.79 Å². The summed E-state index contributed by atoms with van der Waals surface area (Å²) in [5.41, 5.74) is 7.53. The highest BCUT2D eigenvalue weighted by Crippen LogP contribution is 2.08. The molecule has 0 amide bonds. The third kappa shape index (κ3) is 7.92. The highest BCUT2D eigenvalue weighted by atomic mass is 32.2. The van der Waals surface area contributed by atoms with Gasteiger partial charge in [-0.05, 0) is 30.9 Å². The fraction of sp³-hybridized carbons (Fsp3) is 0.357. The molecular weight excluding hydrogens is 246 g/mol. The molecule has 4 heteroatoms. The number of allylic oxidation sites excluding steroid dienone is 1. The summed E-state index contributed by atoms with van der Waals surface area (Å²) in [7, 11) is 0. The third-order valence-electron chi connectivity index (χ3n) is 2.22. The number of rotatable bonds is 5. The number of carbonyl (C=O) groups is 1. The van der Waals surface area contributed by atoms with Crippen molar-refractivity contribution in [3.63, 3.8) is 0 Å². The van der Waals surface area contributed by atoms with E-state index in [1.54, 1.807) is 11.8 Å². The topological polar surface area (TPSA) is 63.3 Å². The minimum atomic E-state index is -0.913. The van der Waals surface area contributed by atoms with Gasteiger partial charge >= 0.3 is 5.97 Å². The van der Waals surface area contributed by atoms with Crippen molar-refractivity contribution in [2.24, 2.45) is 5.73 Å². The lowest BCUT2D eigenvalue weighted by Crippen LogP contribution is -2.30. The maximum absolute atomic E-state index is 10.1. The van der Waals surface area contributed by atoms with Crippen LogP contribution in [0.15, 0.2) is 36.9 Å². The van der Waals surface area contributed by atoms with Crippen LogP contribution < -0.4 is 5.73 Å². The van der Waals surface area contributed by atoms with E-state index in [0.717, 1.165) is 11.3 Å². The van der Waals surface area contributed by atoms with Crippen molar-refractivity contribution in [2.75, 3.05) is 12.0 Å². The van der Waals surface area contributed by atoms with Crippen LogP contribution in [0.2, 0.25) is 0 Å². The van der Waals surface area contributed by atoms with Crippen LogP contribution in [-0.2, 0) is 4.79 Å². The smallest absolute Gasteiger partial charge is 0.320 e. The first-order chi connectivity index (χ1) is 8.49. The van der Waals surface area contributed by atoms with Crippen LogP contribution in [0.4, 0.5) is 0 Å². The summed E-state index contributed by atoms with van der Waals surface area (Å²) in [5, 5.41) is 8.27. The number of thioether (sulfide) groups is 1. The number of benzene rings is 1. The van der Waals surface area contributed by atoms with Crippen LogP contribution in [-0.4, -0.2) is 29.1 Å². The van der Waals surface area contributed by atoms with E-state index in [4.69, 9.17) is 10.8 Å². The largest absolute Gasteiger partial charge is 0.480 e. The molecule has 18 heavy (non-hydrogen) atoms. The van der Waals surface area contributed by atoms with Crippen molar-refractivity contribution in [3.05, 3.63) is 42.5 Å². The SMILES string of the molecule is C=C(C)c1ccccc1.CSCC[C@H](N)C(=O)O. The average Bonchev–Trinajstić information content (AvgIpc) is 2.37. The van der Waals surface area contributed by atoms with Crippen molar-refractivity contribution in [1.29, 1.82) is 0 Å². The highest BCUT2D eigenvalue weighted by molar-refractivity contribution is 7.98. The quantitative estimate of drug-likeness (QED) is 0.861. The van der Waals surface area contributed by atoms with Crippen LogP contribution in [0, 0.1) is 0 Å². The van der Waals surface area contributed by atoms with Crippen molar-refractivity contribution in [1.82, 2.24) is 0 Å². The van der Waals surface area contributed by atoms with Crippen LogP contribution >= 0.6 is 11.8 Å². The zero-order chi connectivity index (χ0) is 14.0. The molecule has 3 nitrogen and oxygen atoms in total. The Morgan fingerprint density at radius 1 is 1.44 bits per heavy atom. The molecular formula is C14H21NO2S. The van der Waals surface area contributed by atoms with Gasteiger partial charge in [0.1, 0.15) is 6.04 Å². The lowest BCUT2D eigenvalue weighted by Gasteiger charge is -2.02. The third-order valence-corrected chi connectivity index (χ3v) is 2.86. The molecule has 0 radical (unpaired) electrons. The first kappa shape index (κ1) is 16.7. The molecule has 0 fully saturated rings. The predicted molar refractivity (Wildman–Crippen MR) is 79.8 cm³/mol. The summed E-state index contributed by atoms with van der Waals surface area (Å²) in [5.74, 6) is -0.1000. The molecule has 1 atom stereocenters. The second kappa shape index (κ2) is 9.74. The first-order valence-corrected chi connectivity index (χ1v) is 7.06. The van der Waals surface area contributed by atoms with Crippen LogP contribution in [0.3, 0.4) is 0 Å². The van der Waals surface area contributed by atoms with Gasteiger partial charge in [-0.15, -0.1) is 0 Å². The van der Waals surface area contributed by atoms with Crippen molar-refractivity contribution in [3.8, 4) is 0 Å². The molecule has 0 aromatic heterocycles. The zero-order valence-corrected chi connectivity index (χ0v) is 11.7. The molecule has 1 rings (SSSR count). The molecule has 0 aliphatic carbocycles. The number of hydrogen-bond donors (Lipinski definition) is 2. The summed E-state index contributed by atoms with van der Waals surface area (Å²) in [4.78, 5) is 10.1. The normalized spacial score (nSPS) is 11.1. The number of hydrogen-bond acceptors (Lipinski definition) is 3. The Kier molecular flexibility index (Phi) is 9.06. The van der Waals surface area contributed by atoms with Crippen LogP contribution in [0.1, 0.15) is 18.9 Å². The average molecular weight is 267 g/mol. The molecule has 0 aliphatic rings. The van der Waals surface area contributed by atoms with E-state index < -0.39 is 12.0 Å². The minimum absolute atomic E-state index is 0.552. The van der Waals surface area contributed by atoms with Gasteiger partial charge in [-0.2, -0.15) is 11.8 Å². The van der Waals surface area contributed by atoms with Crippen LogP contribution in [0.25, 0.3) is 5.57 Å². The lowest BCUT2D eigenvalue weighted by atomic mass is 10.1. The Balaban J connectivity index is 0.000000321. The Labute approximate surface area is 113 Å². The molecule has 1 aromatic rings.